The molecule has 3 nitrogen and oxygen atoms in total. The monoisotopic (exact) mass is 412 g/mol. The molecule has 5 heteroatoms. The molecule has 2 atom stereocenters. The van der Waals surface area contributed by atoms with Gasteiger partial charge in [0.15, 0.2) is 0 Å². The van der Waals surface area contributed by atoms with E-state index < -0.39 is 6.10 Å². The van der Waals surface area contributed by atoms with Crippen molar-refractivity contribution in [3.05, 3.63) is 69.2 Å². The molecular weight excluding hydrogens is 390 g/mol. The first kappa shape index (κ1) is 19.4. The zero-order valence-electron chi connectivity index (χ0n) is 13.8. The van der Waals surface area contributed by atoms with Crippen molar-refractivity contribution < 1.29 is 15.2 Å². The van der Waals surface area contributed by atoms with Crippen LogP contribution in [0, 0.1) is 0 Å². The van der Waals surface area contributed by atoms with Crippen LogP contribution >= 0.6 is 27.5 Å². The average Bonchev–Trinajstić information content (AvgIpc) is 2.58. The van der Waals surface area contributed by atoms with Crippen molar-refractivity contribution in [2.24, 2.45) is 0 Å². The van der Waals surface area contributed by atoms with Crippen LogP contribution in [0.4, 0.5) is 0 Å². The van der Waals surface area contributed by atoms with Gasteiger partial charge in [-0.15, -0.1) is 0 Å². The lowest BCUT2D eigenvalue weighted by molar-refractivity contribution is -0.702. The van der Waals surface area contributed by atoms with Crippen LogP contribution in [0.25, 0.3) is 0 Å². The Morgan fingerprint density at radius 3 is 2.54 bits per heavy atom. The first-order valence-corrected chi connectivity index (χ1v) is 9.35. The van der Waals surface area contributed by atoms with E-state index in [9.17, 15) is 5.11 Å². The summed E-state index contributed by atoms with van der Waals surface area (Å²) in [6, 6.07) is 16.3. The molecule has 0 heterocycles. The van der Waals surface area contributed by atoms with Crippen LogP contribution < -0.4 is 5.32 Å². The van der Waals surface area contributed by atoms with Gasteiger partial charge in [0, 0.05) is 21.5 Å². The second-order valence-electron chi connectivity index (χ2n) is 5.80. The van der Waals surface area contributed by atoms with Crippen molar-refractivity contribution in [3.63, 3.8) is 0 Å². The molecule has 2 aromatic carbocycles. The standard InChI is InChI=1S/C19H23BrClNO2/c1-2-19(14-7-9-16(20)10-8-14)22-11-17(23)13-24-12-15-5-3-4-6-18(15)21/h3-10,17,19,22-23H,2,11-13H2,1H3/p+1/t17-,19-/m1/s1. The Hall–Kier alpha value is -0.910. The van der Waals surface area contributed by atoms with E-state index in [4.69, 9.17) is 16.3 Å². The molecule has 0 spiro atoms. The lowest BCUT2D eigenvalue weighted by atomic mass is 10.0. The van der Waals surface area contributed by atoms with E-state index in [0.29, 0.717) is 30.8 Å². The molecular formula is C19H24BrClNO2+. The zero-order valence-corrected chi connectivity index (χ0v) is 16.1. The predicted octanol–water partition coefficient (Wildman–Crippen LogP) is 3.69. The van der Waals surface area contributed by atoms with Gasteiger partial charge in [0.05, 0.1) is 13.2 Å². The minimum absolute atomic E-state index is 0.304. The molecule has 2 rings (SSSR count). The summed E-state index contributed by atoms with van der Waals surface area (Å²) in [6.45, 7) is 3.49. The molecule has 0 bridgehead atoms. The maximum atomic E-state index is 10.1. The third-order valence-corrected chi connectivity index (χ3v) is 4.85. The maximum absolute atomic E-state index is 10.1. The fourth-order valence-corrected chi connectivity index (χ4v) is 3.01. The van der Waals surface area contributed by atoms with E-state index in [0.717, 1.165) is 16.5 Å². The molecule has 0 saturated heterocycles. The second kappa shape index (κ2) is 10.2. The zero-order chi connectivity index (χ0) is 17.4. The number of quaternary nitrogens is 1. The fourth-order valence-electron chi connectivity index (χ4n) is 2.56. The van der Waals surface area contributed by atoms with E-state index in [-0.39, 0.29) is 0 Å². The van der Waals surface area contributed by atoms with Gasteiger partial charge in [0.1, 0.15) is 18.7 Å². The van der Waals surface area contributed by atoms with Crippen LogP contribution in [-0.4, -0.2) is 24.4 Å². The third kappa shape index (κ3) is 6.19. The highest BCUT2D eigenvalue weighted by Crippen LogP contribution is 2.17. The lowest BCUT2D eigenvalue weighted by Crippen LogP contribution is -2.87. The third-order valence-electron chi connectivity index (χ3n) is 3.96. The van der Waals surface area contributed by atoms with E-state index in [1.165, 1.54) is 5.56 Å². The van der Waals surface area contributed by atoms with Gasteiger partial charge in [-0.05, 0) is 23.8 Å². The lowest BCUT2D eigenvalue weighted by Gasteiger charge is -2.17. The van der Waals surface area contributed by atoms with E-state index in [1.807, 2.05) is 24.3 Å². The number of benzene rings is 2. The van der Waals surface area contributed by atoms with Gasteiger partial charge in [0.2, 0.25) is 0 Å². The van der Waals surface area contributed by atoms with Gasteiger partial charge in [-0.25, -0.2) is 0 Å². The number of aliphatic hydroxyl groups excluding tert-OH is 1. The van der Waals surface area contributed by atoms with Crippen molar-refractivity contribution in [1.29, 1.82) is 0 Å². The van der Waals surface area contributed by atoms with Crippen molar-refractivity contribution in [3.8, 4) is 0 Å². The number of hydrogen-bond donors (Lipinski definition) is 2. The molecule has 0 aromatic heterocycles. The normalized spacial score (nSPS) is 13.7. The first-order valence-electron chi connectivity index (χ1n) is 8.18. The predicted molar refractivity (Wildman–Crippen MR) is 101 cm³/mol. The number of aliphatic hydroxyl groups is 1. The van der Waals surface area contributed by atoms with Crippen LogP contribution in [-0.2, 0) is 11.3 Å². The Morgan fingerprint density at radius 1 is 1.17 bits per heavy atom. The highest BCUT2D eigenvalue weighted by molar-refractivity contribution is 9.10. The quantitative estimate of drug-likeness (QED) is 0.658. The summed E-state index contributed by atoms with van der Waals surface area (Å²) in [5.41, 5.74) is 2.21. The Bertz CT molecular complexity index is 621. The number of nitrogens with two attached hydrogens (primary N) is 1. The van der Waals surface area contributed by atoms with Crippen molar-refractivity contribution in [1.82, 2.24) is 0 Å². The summed E-state index contributed by atoms with van der Waals surface area (Å²) >= 11 is 9.54. The van der Waals surface area contributed by atoms with Crippen LogP contribution in [0.15, 0.2) is 53.0 Å². The van der Waals surface area contributed by atoms with E-state index in [1.54, 1.807) is 0 Å². The van der Waals surface area contributed by atoms with Crippen LogP contribution in [0.1, 0.15) is 30.5 Å². The molecule has 0 fully saturated rings. The first-order chi connectivity index (χ1) is 11.6. The summed E-state index contributed by atoms with van der Waals surface area (Å²) in [6.07, 6.45) is 0.506. The molecule has 0 aliphatic carbocycles. The molecule has 0 aliphatic rings. The molecule has 0 amide bonds. The second-order valence-corrected chi connectivity index (χ2v) is 7.12. The highest BCUT2D eigenvalue weighted by Gasteiger charge is 2.15. The summed E-state index contributed by atoms with van der Waals surface area (Å²) < 4.78 is 6.67. The smallest absolute Gasteiger partial charge is 0.126 e. The van der Waals surface area contributed by atoms with Gasteiger partial charge in [-0.1, -0.05) is 64.8 Å². The average molecular weight is 414 g/mol. The Balaban J connectivity index is 1.74. The van der Waals surface area contributed by atoms with Gasteiger partial charge in [-0.2, -0.15) is 0 Å². The Labute approximate surface area is 157 Å². The molecule has 0 aliphatic heterocycles. The van der Waals surface area contributed by atoms with E-state index in [2.05, 4.69) is 52.4 Å². The molecule has 2 aromatic rings. The Morgan fingerprint density at radius 2 is 1.88 bits per heavy atom. The molecule has 0 saturated carbocycles. The molecule has 3 N–H and O–H groups in total. The van der Waals surface area contributed by atoms with Crippen LogP contribution in [0.3, 0.4) is 0 Å². The van der Waals surface area contributed by atoms with Gasteiger partial charge < -0.3 is 15.2 Å². The van der Waals surface area contributed by atoms with Gasteiger partial charge in [0.25, 0.3) is 0 Å². The SMILES string of the molecule is CC[C@@H]([NH2+]C[C@@H](O)COCc1ccccc1Cl)c1ccc(Br)cc1. The summed E-state index contributed by atoms with van der Waals surface area (Å²) in [5.74, 6) is 0. The summed E-state index contributed by atoms with van der Waals surface area (Å²) in [4.78, 5) is 0. The van der Waals surface area contributed by atoms with Crippen LogP contribution in [0.5, 0.6) is 0 Å². The van der Waals surface area contributed by atoms with Gasteiger partial charge >= 0.3 is 0 Å². The summed E-state index contributed by atoms with van der Waals surface area (Å²) in [7, 11) is 0. The largest absolute Gasteiger partial charge is 0.385 e. The van der Waals surface area contributed by atoms with E-state index >= 15 is 0 Å². The number of ether oxygens (including phenoxy) is 1. The molecule has 0 unspecified atom stereocenters. The number of rotatable bonds is 9. The number of hydrogen-bond acceptors (Lipinski definition) is 2. The molecule has 130 valence electrons. The van der Waals surface area contributed by atoms with Gasteiger partial charge in [-0.3, -0.25) is 0 Å². The molecule has 0 radical (unpaired) electrons. The number of halogens is 2. The van der Waals surface area contributed by atoms with Crippen LogP contribution in [0.2, 0.25) is 5.02 Å². The summed E-state index contributed by atoms with van der Waals surface area (Å²) in [5, 5.41) is 13.0. The minimum atomic E-state index is -0.503. The molecule has 24 heavy (non-hydrogen) atoms. The Kier molecular flexibility index (Phi) is 8.22. The topological polar surface area (TPSA) is 46.1 Å². The van der Waals surface area contributed by atoms with Crippen molar-refractivity contribution >= 4 is 27.5 Å². The maximum Gasteiger partial charge on any atom is 0.126 e. The van der Waals surface area contributed by atoms with Crippen molar-refractivity contribution in [2.75, 3.05) is 13.2 Å². The fraction of sp³-hybridized carbons (Fsp3) is 0.368. The highest BCUT2D eigenvalue weighted by atomic mass is 79.9. The van der Waals surface area contributed by atoms with Crippen molar-refractivity contribution in [2.45, 2.75) is 32.1 Å². The minimum Gasteiger partial charge on any atom is -0.385 e.